The van der Waals surface area contributed by atoms with Crippen molar-refractivity contribution in [1.82, 2.24) is 9.29 Å². The number of fused-ring (bicyclic) bond motifs is 1. The molecule has 0 aliphatic carbocycles. The van der Waals surface area contributed by atoms with Crippen molar-refractivity contribution in [3.8, 4) is 11.3 Å². The Hall–Kier alpha value is -2.92. The average molecular weight is 435 g/mol. The molecule has 1 atom stereocenters. The first-order valence-corrected chi connectivity index (χ1v) is 10.5. The standard InChI is InChI=1S/C19H19F2N5O3S/c1-10-6-12(30(28,29)26-9-19(20,21)7-15(26)18(23)27)3-4-13(10)14-5-2-11-8-24-17(22)16(11)25-14/h2-6,15H,7-9H2,1H3,(H2,22,24)(H2,23,27). The van der Waals surface area contributed by atoms with Crippen molar-refractivity contribution in [2.75, 3.05) is 6.54 Å². The molecule has 2 aliphatic heterocycles. The first-order valence-electron chi connectivity index (χ1n) is 9.10. The van der Waals surface area contributed by atoms with E-state index in [2.05, 4.69) is 9.98 Å². The maximum atomic E-state index is 13.8. The largest absolute Gasteiger partial charge is 0.382 e. The third-order valence-electron chi connectivity index (χ3n) is 5.28. The number of alkyl halides is 2. The van der Waals surface area contributed by atoms with Crippen LogP contribution < -0.4 is 11.5 Å². The van der Waals surface area contributed by atoms with Gasteiger partial charge < -0.3 is 11.5 Å². The van der Waals surface area contributed by atoms with Crippen molar-refractivity contribution in [2.24, 2.45) is 16.5 Å². The summed E-state index contributed by atoms with van der Waals surface area (Å²) in [7, 11) is -4.35. The van der Waals surface area contributed by atoms with Gasteiger partial charge in [0.25, 0.3) is 5.92 Å². The second kappa shape index (κ2) is 6.81. The van der Waals surface area contributed by atoms with Gasteiger partial charge in [-0.25, -0.2) is 22.2 Å². The molecule has 1 amide bonds. The Morgan fingerprint density at radius 2 is 2.00 bits per heavy atom. The van der Waals surface area contributed by atoms with Crippen molar-refractivity contribution >= 4 is 21.8 Å². The molecule has 0 radical (unpaired) electrons. The van der Waals surface area contributed by atoms with Crippen LogP contribution in [0.15, 0.2) is 40.2 Å². The molecule has 1 unspecified atom stereocenters. The fourth-order valence-corrected chi connectivity index (χ4v) is 5.44. The second-order valence-electron chi connectivity index (χ2n) is 7.41. The van der Waals surface area contributed by atoms with Crippen LogP contribution in [0.3, 0.4) is 0 Å². The normalized spacial score (nSPS) is 20.8. The van der Waals surface area contributed by atoms with Crippen LogP contribution in [0.2, 0.25) is 0 Å². The summed E-state index contributed by atoms with van der Waals surface area (Å²) in [6.07, 6.45) is -0.930. The maximum Gasteiger partial charge on any atom is 0.263 e. The Balaban J connectivity index is 1.71. The minimum atomic E-state index is -4.35. The van der Waals surface area contributed by atoms with Crippen LogP contribution in [0.25, 0.3) is 11.3 Å². The summed E-state index contributed by atoms with van der Waals surface area (Å²) in [5, 5.41) is 0. The Bertz CT molecular complexity index is 1200. The fraction of sp³-hybridized carbons (Fsp3) is 0.316. The highest BCUT2D eigenvalue weighted by atomic mass is 32.2. The summed E-state index contributed by atoms with van der Waals surface area (Å²) >= 11 is 0. The van der Waals surface area contributed by atoms with Crippen LogP contribution >= 0.6 is 0 Å². The molecule has 0 saturated carbocycles. The van der Waals surface area contributed by atoms with Gasteiger partial charge in [0.2, 0.25) is 15.9 Å². The van der Waals surface area contributed by atoms with Crippen molar-refractivity contribution < 1.29 is 22.0 Å². The van der Waals surface area contributed by atoms with Crippen LogP contribution in [-0.4, -0.2) is 48.0 Å². The van der Waals surface area contributed by atoms with Gasteiger partial charge in [-0.1, -0.05) is 12.1 Å². The van der Waals surface area contributed by atoms with E-state index in [9.17, 15) is 22.0 Å². The van der Waals surface area contributed by atoms with Gasteiger partial charge in [-0.05, 0) is 30.7 Å². The zero-order valence-electron chi connectivity index (χ0n) is 16.0. The number of carbonyl (C=O) groups excluding carboxylic acids is 1. The van der Waals surface area contributed by atoms with Gasteiger partial charge in [-0.2, -0.15) is 4.31 Å². The van der Waals surface area contributed by atoms with E-state index < -0.39 is 40.9 Å². The number of aryl methyl sites for hydroxylation is 1. The average Bonchev–Trinajstić information content (AvgIpc) is 3.21. The molecule has 4 rings (SSSR count). The molecule has 1 aromatic heterocycles. The zero-order chi connectivity index (χ0) is 21.8. The number of amidine groups is 1. The number of amides is 1. The molecule has 3 heterocycles. The SMILES string of the molecule is Cc1cc(S(=O)(=O)N2CC(F)(F)CC2C(N)=O)ccc1-c1ccc2c(n1)C(N)=NC2. The van der Waals surface area contributed by atoms with Gasteiger partial charge in [0.05, 0.1) is 23.7 Å². The lowest BCUT2D eigenvalue weighted by atomic mass is 10.0. The zero-order valence-corrected chi connectivity index (χ0v) is 16.8. The lowest BCUT2D eigenvalue weighted by Crippen LogP contribution is -2.43. The Labute approximate surface area is 171 Å². The molecule has 2 aliphatic rings. The number of nitrogens with two attached hydrogens (primary N) is 2. The van der Waals surface area contributed by atoms with Crippen LogP contribution in [0.1, 0.15) is 23.2 Å². The van der Waals surface area contributed by atoms with Gasteiger partial charge in [-0.3, -0.25) is 9.79 Å². The summed E-state index contributed by atoms with van der Waals surface area (Å²) in [5.41, 5.74) is 14.3. The van der Waals surface area contributed by atoms with Crippen LogP contribution in [-0.2, 0) is 21.4 Å². The predicted molar refractivity (Wildman–Crippen MR) is 105 cm³/mol. The predicted octanol–water partition coefficient (Wildman–Crippen LogP) is 1.16. The number of benzene rings is 1. The number of primary amides is 1. The van der Waals surface area contributed by atoms with Crippen LogP contribution in [0.5, 0.6) is 0 Å². The van der Waals surface area contributed by atoms with Crippen molar-refractivity contribution in [2.45, 2.75) is 36.7 Å². The van der Waals surface area contributed by atoms with E-state index in [4.69, 9.17) is 11.5 Å². The highest BCUT2D eigenvalue weighted by Crippen LogP contribution is 2.36. The molecule has 1 aromatic carbocycles. The number of sulfonamides is 1. The number of hydrogen-bond acceptors (Lipinski definition) is 6. The van der Waals surface area contributed by atoms with E-state index in [-0.39, 0.29) is 4.90 Å². The number of carbonyl (C=O) groups is 1. The maximum absolute atomic E-state index is 13.8. The highest BCUT2D eigenvalue weighted by Gasteiger charge is 2.52. The number of pyridine rings is 1. The van der Waals surface area contributed by atoms with E-state index in [1.807, 2.05) is 6.07 Å². The summed E-state index contributed by atoms with van der Waals surface area (Å²) in [4.78, 5) is 20.0. The summed E-state index contributed by atoms with van der Waals surface area (Å²) < 4.78 is 54.1. The third kappa shape index (κ3) is 3.33. The van der Waals surface area contributed by atoms with E-state index in [1.54, 1.807) is 19.1 Å². The van der Waals surface area contributed by atoms with Gasteiger partial charge in [0.15, 0.2) is 0 Å². The first kappa shape index (κ1) is 20.4. The molecule has 1 fully saturated rings. The van der Waals surface area contributed by atoms with Crippen LogP contribution in [0, 0.1) is 6.92 Å². The Morgan fingerprint density at radius 1 is 1.27 bits per heavy atom. The number of nitrogens with zero attached hydrogens (tertiary/aromatic N) is 3. The molecule has 8 nitrogen and oxygen atoms in total. The number of hydrogen-bond donors (Lipinski definition) is 2. The van der Waals surface area contributed by atoms with E-state index in [1.165, 1.54) is 12.1 Å². The molecule has 30 heavy (non-hydrogen) atoms. The monoisotopic (exact) mass is 435 g/mol. The van der Waals surface area contributed by atoms with Gasteiger partial charge in [0.1, 0.15) is 17.6 Å². The molecule has 1 saturated heterocycles. The van der Waals surface area contributed by atoms with Gasteiger partial charge >= 0.3 is 0 Å². The van der Waals surface area contributed by atoms with Gasteiger partial charge in [0, 0.05) is 17.5 Å². The second-order valence-corrected chi connectivity index (χ2v) is 9.30. The van der Waals surface area contributed by atoms with Gasteiger partial charge in [-0.15, -0.1) is 0 Å². The minimum Gasteiger partial charge on any atom is -0.382 e. The number of aliphatic imine (C=N–C) groups is 1. The molecular formula is C19H19F2N5O3S. The van der Waals surface area contributed by atoms with E-state index >= 15 is 0 Å². The highest BCUT2D eigenvalue weighted by molar-refractivity contribution is 7.89. The van der Waals surface area contributed by atoms with Crippen molar-refractivity contribution in [3.63, 3.8) is 0 Å². The van der Waals surface area contributed by atoms with Crippen molar-refractivity contribution in [3.05, 3.63) is 47.2 Å². The van der Waals surface area contributed by atoms with Crippen molar-refractivity contribution in [1.29, 1.82) is 0 Å². The Kier molecular flexibility index (Phi) is 4.62. The molecular weight excluding hydrogens is 416 g/mol. The third-order valence-corrected chi connectivity index (χ3v) is 7.13. The Morgan fingerprint density at radius 3 is 2.67 bits per heavy atom. The summed E-state index contributed by atoms with van der Waals surface area (Å²) in [5.74, 6) is -4.08. The number of halogens is 2. The number of aromatic nitrogens is 1. The topological polar surface area (TPSA) is 132 Å². The smallest absolute Gasteiger partial charge is 0.263 e. The molecule has 0 spiro atoms. The number of rotatable bonds is 4. The summed E-state index contributed by atoms with van der Waals surface area (Å²) in [6, 6.07) is 6.27. The first-order chi connectivity index (χ1) is 14.0. The lowest BCUT2D eigenvalue weighted by molar-refractivity contribution is -0.121. The quantitative estimate of drug-likeness (QED) is 0.744. The van der Waals surface area contributed by atoms with E-state index in [0.717, 1.165) is 5.56 Å². The molecule has 0 bridgehead atoms. The molecule has 158 valence electrons. The molecule has 2 aromatic rings. The molecule has 11 heteroatoms. The molecule has 4 N–H and O–H groups in total. The summed E-state index contributed by atoms with van der Waals surface area (Å²) in [6.45, 7) is 1.06. The van der Waals surface area contributed by atoms with Crippen LogP contribution in [0.4, 0.5) is 8.78 Å². The fourth-order valence-electron chi connectivity index (χ4n) is 3.73. The minimum absolute atomic E-state index is 0.199. The lowest BCUT2D eigenvalue weighted by Gasteiger charge is -2.21. The van der Waals surface area contributed by atoms with E-state index in [0.29, 0.717) is 39.2 Å².